The highest BCUT2D eigenvalue weighted by molar-refractivity contribution is 5.76. The van der Waals surface area contributed by atoms with Crippen molar-refractivity contribution in [2.24, 2.45) is 5.92 Å². The van der Waals surface area contributed by atoms with E-state index in [1.54, 1.807) is 0 Å². The van der Waals surface area contributed by atoms with Crippen LogP contribution in [0.3, 0.4) is 0 Å². The highest BCUT2D eigenvalue weighted by atomic mass is 16.5. The van der Waals surface area contributed by atoms with E-state index in [0.29, 0.717) is 31.0 Å². The van der Waals surface area contributed by atoms with E-state index in [2.05, 4.69) is 12.2 Å². The standard InChI is InChI=1S/C20H30N2O2/c1-16-4-6-18(7-5-16)24-13-12-22(2)19(23)14-17-8-11-21-20(15-17)9-3-10-20/h4-7,17,21H,3,8-15H2,1-2H3. The average Bonchev–Trinajstić information content (AvgIpc) is 2.55. The molecular weight excluding hydrogens is 300 g/mol. The van der Waals surface area contributed by atoms with Crippen LogP contribution in [0.4, 0.5) is 0 Å². The quantitative estimate of drug-likeness (QED) is 0.871. The van der Waals surface area contributed by atoms with Gasteiger partial charge in [-0.2, -0.15) is 0 Å². The summed E-state index contributed by atoms with van der Waals surface area (Å²) in [6, 6.07) is 8.03. The Bertz CT molecular complexity index is 551. The number of carbonyl (C=O) groups is 1. The van der Waals surface area contributed by atoms with Crippen LogP contribution in [0, 0.1) is 12.8 Å². The van der Waals surface area contributed by atoms with Crippen molar-refractivity contribution in [3.8, 4) is 5.75 Å². The molecule has 2 fully saturated rings. The first kappa shape index (κ1) is 17.3. The van der Waals surface area contributed by atoms with Gasteiger partial charge in [0.25, 0.3) is 0 Å². The van der Waals surface area contributed by atoms with Crippen molar-refractivity contribution in [3.63, 3.8) is 0 Å². The van der Waals surface area contributed by atoms with Gasteiger partial charge in [-0.1, -0.05) is 17.7 Å². The number of rotatable bonds is 6. The van der Waals surface area contributed by atoms with Gasteiger partial charge in [-0.25, -0.2) is 0 Å². The van der Waals surface area contributed by atoms with Crippen molar-refractivity contribution in [1.82, 2.24) is 10.2 Å². The van der Waals surface area contributed by atoms with Crippen molar-refractivity contribution < 1.29 is 9.53 Å². The Balaban J connectivity index is 1.39. The monoisotopic (exact) mass is 330 g/mol. The summed E-state index contributed by atoms with van der Waals surface area (Å²) in [5.41, 5.74) is 1.59. The lowest BCUT2D eigenvalue weighted by molar-refractivity contribution is -0.131. The Labute approximate surface area is 145 Å². The summed E-state index contributed by atoms with van der Waals surface area (Å²) in [6.45, 7) is 4.31. The summed E-state index contributed by atoms with van der Waals surface area (Å²) in [7, 11) is 1.89. The van der Waals surface area contributed by atoms with Gasteiger partial charge in [-0.3, -0.25) is 4.79 Å². The Hall–Kier alpha value is -1.55. The van der Waals surface area contributed by atoms with Crippen LogP contribution < -0.4 is 10.1 Å². The molecule has 1 aliphatic carbocycles. The van der Waals surface area contributed by atoms with Crippen LogP contribution >= 0.6 is 0 Å². The van der Waals surface area contributed by atoms with Crippen LogP contribution in [0.15, 0.2) is 24.3 Å². The molecule has 0 bridgehead atoms. The molecule has 1 aromatic rings. The van der Waals surface area contributed by atoms with Crippen molar-refractivity contribution in [1.29, 1.82) is 0 Å². The van der Waals surface area contributed by atoms with E-state index in [-0.39, 0.29) is 5.91 Å². The van der Waals surface area contributed by atoms with Crippen LogP contribution in [0.25, 0.3) is 0 Å². The number of amides is 1. The van der Waals surface area contributed by atoms with Gasteiger partial charge in [0.1, 0.15) is 12.4 Å². The molecule has 1 heterocycles. The van der Waals surface area contributed by atoms with Crippen LogP contribution in [-0.4, -0.2) is 43.1 Å². The van der Waals surface area contributed by atoms with Crippen molar-refractivity contribution >= 4 is 5.91 Å². The summed E-state index contributed by atoms with van der Waals surface area (Å²) in [6.07, 6.45) is 6.90. The number of aryl methyl sites for hydroxylation is 1. The van der Waals surface area contributed by atoms with Gasteiger partial charge in [0.2, 0.25) is 5.91 Å². The van der Waals surface area contributed by atoms with Gasteiger partial charge in [0, 0.05) is 19.0 Å². The molecule has 1 N–H and O–H groups in total. The number of nitrogens with one attached hydrogen (secondary N) is 1. The van der Waals surface area contributed by atoms with Crippen molar-refractivity contribution in [2.75, 3.05) is 26.7 Å². The third-order valence-electron chi connectivity index (χ3n) is 5.65. The molecule has 1 spiro atoms. The van der Waals surface area contributed by atoms with Gasteiger partial charge in [-0.15, -0.1) is 0 Å². The predicted octanol–water partition coefficient (Wildman–Crippen LogP) is 3.14. The van der Waals surface area contributed by atoms with Crippen molar-refractivity contribution in [2.45, 2.75) is 51.0 Å². The molecule has 1 unspecified atom stereocenters. The number of hydrogen-bond acceptors (Lipinski definition) is 3. The lowest BCUT2D eigenvalue weighted by Gasteiger charge is -2.48. The lowest BCUT2D eigenvalue weighted by atomic mass is 9.68. The maximum absolute atomic E-state index is 12.5. The van der Waals surface area contributed by atoms with Crippen LogP contribution in [0.1, 0.15) is 44.1 Å². The molecule has 3 rings (SSSR count). The van der Waals surface area contributed by atoms with Gasteiger partial charge >= 0.3 is 0 Å². The molecule has 1 atom stereocenters. The van der Waals surface area contributed by atoms with E-state index in [1.807, 2.05) is 36.2 Å². The van der Waals surface area contributed by atoms with Gasteiger partial charge < -0.3 is 15.0 Å². The number of hydrogen-bond donors (Lipinski definition) is 1. The minimum atomic E-state index is 0.254. The molecule has 4 nitrogen and oxygen atoms in total. The third kappa shape index (κ3) is 4.29. The average molecular weight is 330 g/mol. The smallest absolute Gasteiger partial charge is 0.222 e. The number of benzene rings is 1. The molecule has 24 heavy (non-hydrogen) atoms. The normalized spacial score (nSPS) is 22.0. The Morgan fingerprint density at radius 1 is 1.33 bits per heavy atom. The second-order valence-electron chi connectivity index (χ2n) is 7.60. The number of ether oxygens (including phenoxy) is 1. The zero-order chi connectivity index (χ0) is 17.0. The van der Waals surface area contributed by atoms with Gasteiger partial charge in [0.05, 0.1) is 6.54 Å². The lowest BCUT2D eigenvalue weighted by Crippen LogP contribution is -2.56. The van der Waals surface area contributed by atoms with Crippen LogP contribution in [0.2, 0.25) is 0 Å². The molecule has 132 valence electrons. The molecule has 1 aliphatic heterocycles. The van der Waals surface area contributed by atoms with E-state index in [1.165, 1.54) is 31.2 Å². The molecule has 1 saturated carbocycles. The Morgan fingerprint density at radius 2 is 2.08 bits per heavy atom. The Morgan fingerprint density at radius 3 is 2.75 bits per heavy atom. The van der Waals surface area contributed by atoms with E-state index < -0.39 is 0 Å². The van der Waals surface area contributed by atoms with Gasteiger partial charge in [0.15, 0.2) is 0 Å². The van der Waals surface area contributed by atoms with Gasteiger partial charge in [-0.05, 0) is 63.6 Å². The molecule has 1 amide bonds. The second kappa shape index (κ2) is 7.56. The summed E-state index contributed by atoms with van der Waals surface area (Å²) in [5.74, 6) is 1.66. The van der Waals surface area contributed by atoms with Crippen molar-refractivity contribution in [3.05, 3.63) is 29.8 Å². The molecular formula is C20H30N2O2. The van der Waals surface area contributed by atoms with E-state index in [9.17, 15) is 4.79 Å². The first-order valence-corrected chi connectivity index (χ1v) is 9.25. The predicted molar refractivity (Wildman–Crippen MR) is 96.2 cm³/mol. The summed E-state index contributed by atoms with van der Waals surface area (Å²) in [5, 5.41) is 3.68. The maximum atomic E-state index is 12.5. The summed E-state index contributed by atoms with van der Waals surface area (Å²) in [4.78, 5) is 14.3. The topological polar surface area (TPSA) is 41.6 Å². The SMILES string of the molecule is Cc1ccc(OCCN(C)C(=O)CC2CCNC3(CCC3)C2)cc1. The van der Waals surface area contributed by atoms with Crippen LogP contribution in [-0.2, 0) is 4.79 Å². The molecule has 0 radical (unpaired) electrons. The maximum Gasteiger partial charge on any atom is 0.222 e. The zero-order valence-corrected chi connectivity index (χ0v) is 15.0. The molecule has 4 heteroatoms. The third-order valence-corrected chi connectivity index (χ3v) is 5.65. The Kier molecular flexibility index (Phi) is 5.44. The largest absolute Gasteiger partial charge is 0.492 e. The number of carbonyl (C=O) groups excluding carboxylic acids is 1. The van der Waals surface area contributed by atoms with E-state index in [4.69, 9.17) is 4.74 Å². The molecule has 2 aliphatic rings. The fourth-order valence-electron chi connectivity index (χ4n) is 3.89. The number of likely N-dealkylation sites (N-methyl/N-ethyl adjacent to an activating group) is 1. The highest BCUT2D eigenvalue weighted by Gasteiger charge is 2.41. The minimum Gasteiger partial charge on any atom is -0.492 e. The van der Waals surface area contributed by atoms with E-state index in [0.717, 1.165) is 18.7 Å². The fourth-order valence-corrected chi connectivity index (χ4v) is 3.89. The fraction of sp³-hybridized carbons (Fsp3) is 0.650. The first-order chi connectivity index (χ1) is 11.6. The summed E-state index contributed by atoms with van der Waals surface area (Å²) >= 11 is 0. The first-order valence-electron chi connectivity index (χ1n) is 9.25. The molecule has 0 aromatic heterocycles. The highest BCUT2D eigenvalue weighted by Crippen LogP contribution is 2.41. The zero-order valence-electron chi connectivity index (χ0n) is 15.0. The van der Waals surface area contributed by atoms with E-state index >= 15 is 0 Å². The number of piperidine rings is 1. The summed E-state index contributed by atoms with van der Waals surface area (Å²) < 4.78 is 5.73. The second-order valence-corrected chi connectivity index (χ2v) is 7.60. The molecule has 1 aromatic carbocycles. The van der Waals surface area contributed by atoms with Crippen LogP contribution in [0.5, 0.6) is 5.75 Å². The number of nitrogens with zero attached hydrogens (tertiary/aromatic N) is 1. The molecule has 1 saturated heterocycles. The minimum absolute atomic E-state index is 0.254.